The number of ketones is 2. The Bertz CT molecular complexity index is 1080. The third-order valence-corrected chi connectivity index (χ3v) is 5.06. The van der Waals surface area contributed by atoms with Crippen LogP contribution >= 0.6 is 0 Å². The van der Waals surface area contributed by atoms with Crippen molar-refractivity contribution in [3.63, 3.8) is 0 Å². The first-order chi connectivity index (χ1) is 14.3. The molecular formula is C24H24FNO4. The van der Waals surface area contributed by atoms with E-state index in [9.17, 15) is 14.0 Å². The second kappa shape index (κ2) is 8.95. The molecule has 6 heteroatoms. The lowest BCUT2D eigenvalue weighted by Crippen LogP contribution is -2.13. The number of hydrogen-bond donors (Lipinski definition) is 0. The summed E-state index contributed by atoms with van der Waals surface area (Å²) in [7, 11) is 1.48. The summed E-state index contributed by atoms with van der Waals surface area (Å²) in [5.74, 6) is 0.281. The number of Topliss-reactive ketones (excluding diaryl/α,β-unsaturated/α-hetero) is 2. The Morgan fingerprint density at radius 2 is 1.70 bits per heavy atom. The summed E-state index contributed by atoms with van der Waals surface area (Å²) in [6, 6.07) is 13.0. The smallest absolute Gasteiger partial charge is 0.202 e. The average molecular weight is 409 g/mol. The standard InChI is InChI=1S/C24H24FNO4/c1-15-11-21(16(2)26(15)13-18-5-8-20(25)9-6-18)22(28)14-30-23-10-7-19(17(3)27)12-24(23)29-4/h5-12H,13-14H2,1-4H3. The summed E-state index contributed by atoms with van der Waals surface area (Å²) in [5.41, 5.74) is 3.79. The predicted octanol–water partition coefficient (Wildman–Crippen LogP) is 4.77. The van der Waals surface area contributed by atoms with Crippen LogP contribution in [0.25, 0.3) is 0 Å². The van der Waals surface area contributed by atoms with Crippen LogP contribution in [0.3, 0.4) is 0 Å². The number of rotatable bonds is 8. The second-order valence-corrected chi connectivity index (χ2v) is 7.13. The van der Waals surface area contributed by atoms with Gasteiger partial charge in [-0.1, -0.05) is 12.1 Å². The van der Waals surface area contributed by atoms with Gasteiger partial charge in [-0.3, -0.25) is 9.59 Å². The Balaban J connectivity index is 1.75. The van der Waals surface area contributed by atoms with Crippen LogP contribution in [0.15, 0.2) is 48.5 Å². The maximum atomic E-state index is 13.1. The molecule has 3 rings (SSSR count). The van der Waals surface area contributed by atoms with Crippen LogP contribution < -0.4 is 9.47 Å². The molecule has 156 valence electrons. The van der Waals surface area contributed by atoms with E-state index in [2.05, 4.69) is 0 Å². The van der Waals surface area contributed by atoms with Crippen molar-refractivity contribution < 1.29 is 23.5 Å². The van der Waals surface area contributed by atoms with E-state index in [1.165, 1.54) is 26.2 Å². The van der Waals surface area contributed by atoms with Gasteiger partial charge in [-0.25, -0.2) is 4.39 Å². The van der Waals surface area contributed by atoms with E-state index >= 15 is 0 Å². The number of hydrogen-bond acceptors (Lipinski definition) is 4. The van der Waals surface area contributed by atoms with E-state index in [0.29, 0.717) is 29.2 Å². The molecule has 0 aliphatic heterocycles. The highest BCUT2D eigenvalue weighted by atomic mass is 19.1. The molecule has 5 nitrogen and oxygen atoms in total. The zero-order chi connectivity index (χ0) is 21.8. The van der Waals surface area contributed by atoms with Gasteiger partial charge in [-0.15, -0.1) is 0 Å². The first-order valence-corrected chi connectivity index (χ1v) is 9.56. The predicted molar refractivity (Wildman–Crippen MR) is 112 cm³/mol. The second-order valence-electron chi connectivity index (χ2n) is 7.13. The third kappa shape index (κ3) is 4.59. The molecule has 0 atom stereocenters. The fourth-order valence-corrected chi connectivity index (χ4v) is 3.33. The van der Waals surface area contributed by atoms with Gasteiger partial charge in [0.05, 0.1) is 7.11 Å². The van der Waals surface area contributed by atoms with Crippen molar-refractivity contribution in [1.29, 1.82) is 0 Å². The summed E-state index contributed by atoms with van der Waals surface area (Å²) >= 11 is 0. The number of aromatic nitrogens is 1. The van der Waals surface area contributed by atoms with E-state index < -0.39 is 0 Å². The molecule has 0 N–H and O–H groups in total. The molecule has 0 saturated carbocycles. The number of nitrogens with zero attached hydrogens (tertiary/aromatic N) is 1. The number of methoxy groups -OCH3 is 1. The Morgan fingerprint density at radius 3 is 2.33 bits per heavy atom. The average Bonchev–Trinajstić information content (AvgIpc) is 3.01. The van der Waals surface area contributed by atoms with E-state index in [0.717, 1.165) is 17.0 Å². The third-order valence-electron chi connectivity index (χ3n) is 5.06. The summed E-state index contributed by atoms with van der Waals surface area (Å²) in [4.78, 5) is 24.3. The zero-order valence-electron chi connectivity index (χ0n) is 17.5. The number of benzene rings is 2. The highest BCUT2D eigenvalue weighted by Gasteiger charge is 2.18. The number of carbonyl (C=O) groups excluding carboxylic acids is 2. The van der Waals surface area contributed by atoms with E-state index in [1.54, 1.807) is 30.3 Å². The van der Waals surface area contributed by atoms with Gasteiger partial charge in [-0.2, -0.15) is 0 Å². The molecule has 0 fully saturated rings. The Kier molecular flexibility index (Phi) is 6.35. The van der Waals surface area contributed by atoms with Crippen molar-refractivity contribution in [2.75, 3.05) is 13.7 Å². The highest BCUT2D eigenvalue weighted by molar-refractivity contribution is 5.98. The van der Waals surface area contributed by atoms with Crippen molar-refractivity contribution in [3.8, 4) is 11.5 Å². The summed E-state index contributed by atoms with van der Waals surface area (Å²) in [6.45, 7) is 5.67. The van der Waals surface area contributed by atoms with Crippen LogP contribution in [0.2, 0.25) is 0 Å². The van der Waals surface area contributed by atoms with Gasteiger partial charge < -0.3 is 14.0 Å². The molecule has 0 saturated heterocycles. The lowest BCUT2D eigenvalue weighted by Gasteiger charge is -2.12. The van der Waals surface area contributed by atoms with Gasteiger partial charge in [0, 0.05) is 29.1 Å². The minimum Gasteiger partial charge on any atom is -0.493 e. The van der Waals surface area contributed by atoms with Crippen LogP contribution in [0.1, 0.15) is 44.6 Å². The molecule has 0 radical (unpaired) electrons. The van der Waals surface area contributed by atoms with Crippen LogP contribution in [-0.2, 0) is 6.54 Å². The minimum atomic E-state index is -0.278. The molecule has 0 aliphatic rings. The van der Waals surface area contributed by atoms with Gasteiger partial charge in [-0.05, 0) is 62.7 Å². The summed E-state index contributed by atoms with van der Waals surface area (Å²) < 4.78 is 26.1. The van der Waals surface area contributed by atoms with Crippen LogP contribution in [0.4, 0.5) is 4.39 Å². The van der Waals surface area contributed by atoms with Gasteiger partial charge >= 0.3 is 0 Å². The van der Waals surface area contributed by atoms with Crippen molar-refractivity contribution in [1.82, 2.24) is 4.57 Å². The lowest BCUT2D eigenvalue weighted by molar-refractivity contribution is 0.0917. The van der Waals surface area contributed by atoms with Crippen LogP contribution in [0, 0.1) is 19.7 Å². The monoisotopic (exact) mass is 409 g/mol. The van der Waals surface area contributed by atoms with Gasteiger partial charge in [0.1, 0.15) is 5.82 Å². The van der Waals surface area contributed by atoms with Crippen molar-refractivity contribution in [3.05, 3.63) is 82.4 Å². The molecule has 1 heterocycles. The maximum Gasteiger partial charge on any atom is 0.202 e. The summed E-state index contributed by atoms with van der Waals surface area (Å²) in [6.07, 6.45) is 0. The molecule has 0 amide bonds. The Labute approximate surface area is 175 Å². The molecule has 0 aliphatic carbocycles. The number of carbonyl (C=O) groups is 2. The largest absolute Gasteiger partial charge is 0.493 e. The quantitative estimate of drug-likeness (QED) is 0.503. The first-order valence-electron chi connectivity index (χ1n) is 9.56. The normalized spacial score (nSPS) is 10.7. The zero-order valence-corrected chi connectivity index (χ0v) is 17.5. The van der Waals surface area contributed by atoms with Crippen molar-refractivity contribution >= 4 is 11.6 Å². The lowest BCUT2D eigenvalue weighted by atomic mass is 10.1. The Morgan fingerprint density at radius 1 is 1.00 bits per heavy atom. The topological polar surface area (TPSA) is 57.5 Å². The fourth-order valence-electron chi connectivity index (χ4n) is 3.33. The summed E-state index contributed by atoms with van der Waals surface area (Å²) in [5, 5.41) is 0. The van der Waals surface area contributed by atoms with E-state index in [1.807, 2.05) is 24.5 Å². The SMILES string of the molecule is COc1cc(C(C)=O)ccc1OCC(=O)c1cc(C)n(Cc2ccc(F)cc2)c1C. The number of halogens is 1. The van der Waals surface area contributed by atoms with Gasteiger partial charge in [0.25, 0.3) is 0 Å². The van der Waals surface area contributed by atoms with E-state index in [-0.39, 0.29) is 24.0 Å². The van der Waals surface area contributed by atoms with E-state index in [4.69, 9.17) is 9.47 Å². The molecule has 30 heavy (non-hydrogen) atoms. The first kappa shape index (κ1) is 21.3. The minimum absolute atomic E-state index is 0.0791. The molecular weight excluding hydrogens is 385 g/mol. The van der Waals surface area contributed by atoms with Crippen molar-refractivity contribution in [2.45, 2.75) is 27.3 Å². The van der Waals surface area contributed by atoms with Gasteiger partial charge in [0.2, 0.25) is 5.78 Å². The number of aryl methyl sites for hydroxylation is 1. The molecule has 3 aromatic rings. The molecule has 0 unspecified atom stereocenters. The van der Waals surface area contributed by atoms with Gasteiger partial charge in [0.15, 0.2) is 23.9 Å². The maximum absolute atomic E-state index is 13.1. The fraction of sp³-hybridized carbons (Fsp3) is 0.250. The molecule has 2 aromatic carbocycles. The molecule has 0 spiro atoms. The molecule has 0 bridgehead atoms. The van der Waals surface area contributed by atoms with Crippen LogP contribution in [-0.4, -0.2) is 29.9 Å². The molecule has 1 aromatic heterocycles. The number of ether oxygens (including phenoxy) is 2. The Hall–Kier alpha value is -3.41. The van der Waals surface area contributed by atoms with Crippen LogP contribution in [0.5, 0.6) is 11.5 Å². The highest BCUT2D eigenvalue weighted by Crippen LogP contribution is 2.28. The van der Waals surface area contributed by atoms with Crippen molar-refractivity contribution in [2.24, 2.45) is 0 Å².